The van der Waals surface area contributed by atoms with Gasteiger partial charge in [0.1, 0.15) is 0 Å². The van der Waals surface area contributed by atoms with Gasteiger partial charge in [-0.15, -0.1) is 0 Å². The largest absolute Gasteiger partial charge is 0.379 e. The van der Waals surface area contributed by atoms with Crippen molar-refractivity contribution in [3.63, 3.8) is 0 Å². The molecule has 0 N–H and O–H groups in total. The van der Waals surface area contributed by atoms with Gasteiger partial charge >= 0.3 is 0 Å². The zero-order valence-corrected chi connectivity index (χ0v) is 10.3. The molecule has 0 rings (SSSR count). The van der Waals surface area contributed by atoms with Gasteiger partial charge in [0.2, 0.25) is 0 Å². The monoisotopic (exact) mass is 200 g/mol. The first-order valence-electron chi connectivity index (χ1n) is 6.42. The second kappa shape index (κ2) is 11.0. The van der Waals surface area contributed by atoms with E-state index in [1.807, 2.05) is 0 Å². The molecule has 0 radical (unpaired) electrons. The lowest BCUT2D eigenvalue weighted by Gasteiger charge is -2.11. The highest BCUT2D eigenvalue weighted by Crippen LogP contribution is 2.10. The molecule has 0 aliphatic rings. The van der Waals surface area contributed by atoms with E-state index in [9.17, 15) is 0 Å². The molecule has 0 heterocycles. The van der Waals surface area contributed by atoms with Gasteiger partial charge < -0.3 is 4.74 Å². The fourth-order valence-electron chi connectivity index (χ4n) is 1.61. The quantitative estimate of drug-likeness (QED) is 0.470. The van der Waals surface area contributed by atoms with E-state index >= 15 is 0 Å². The molecule has 0 aromatic heterocycles. The van der Waals surface area contributed by atoms with E-state index in [0.717, 1.165) is 13.0 Å². The minimum atomic E-state index is 0.473. The molecule has 0 aromatic carbocycles. The summed E-state index contributed by atoms with van der Waals surface area (Å²) in [4.78, 5) is 0. The van der Waals surface area contributed by atoms with Gasteiger partial charge in [-0.25, -0.2) is 0 Å². The van der Waals surface area contributed by atoms with Crippen LogP contribution in [0.2, 0.25) is 0 Å². The van der Waals surface area contributed by atoms with Gasteiger partial charge in [-0.3, -0.25) is 0 Å². The molecule has 0 spiro atoms. The van der Waals surface area contributed by atoms with Crippen LogP contribution < -0.4 is 0 Å². The summed E-state index contributed by atoms with van der Waals surface area (Å²) in [6.45, 7) is 7.55. The standard InChI is InChI=1S/C13H28O/c1-4-6-7-8-9-10-11-13(3)14-12-5-2/h13H,4-12H2,1-3H3. The molecule has 0 aliphatic heterocycles. The normalized spacial score (nSPS) is 13.1. The van der Waals surface area contributed by atoms with E-state index in [1.54, 1.807) is 0 Å². The van der Waals surface area contributed by atoms with Crippen molar-refractivity contribution in [1.82, 2.24) is 0 Å². The van der Waals surface area contributed by atoms with Gasteiger partial charge in [0.25, 0.3) is 0 Å². The lowest BCUT2D eigenvalue weighted by Crippen LogP contribution is -2.08. The fourth-order valence-corrected chi connectivity index (χ4v) is 1.61. The predicted octanol–water partition coefficient (Wildman–Crippen LogP) is 4.55. The SMILES string of the molecule is CCCCCCCCC(C)OCCC. The molecule has 0 amide bonds. The van der Waals surface area contributed by atoms with Gasteiger partial charge in [0.05, 0.1) is 6.10 Å². The molecular formula is C13H28O. The first-order valence-corrected chi connectivity index (χ1v) is 6.42. The Hall–Kier alpha value is -0.0400. The number of ether oxygens (including phenoxy) is 1. The molecule has 1 atom stereocenters. The van der Waals surface area contributed by atoms with Crippen molar-refractivity contribution in [2.45, 2.75) is 78.2 Å². The summed E-state index contributed by atoms with van der Waals surface area (Å²) in [6.07, 6.45) is 11.2. The van der Waals surface area contributed by atoms with Crippen LogP contribution in [0.3, 0.4) is 0 Å². The summed E-state index contributed by atoms with van der Waals surface area (Å²) in [7, 11) is 0. The molecule has 1 heteroatoms. The first-order chi connectivity index (χ1) is 6.81. The topological polar surface area (TPSA) is 9.23 Å². The Balaban J connectivity index is 3.02. The van der Waals surface area contributed by atoms with E-state index in [-0.39, 0.29) is 0 Å². The van der Waals surface area contributed by atoms with Crippen LogP contribution in [0.1, 0.15) is 72.1 Å². The van der Waals surface area contributed by atoms with Crippen LogP contribution >= 0.6 is 0 Å². The average molecular weight is 200 g/mol. The van der Waals surface area contributed by atoms with Crippen LogP contribution in [0.4, 0.5) is 0 Å². The van der Waals surface area contributed by atoms with Gasteiger partial charge in [-0.1, -0.05) is 52.4 Å². The second-order valence-electron chi connectivity index (χ2n) is 4.24. The lowest BCUT2D eigenvalue weighted by atomic mass is 10.1. The molecule has 0 fully saturated rings. The molecular weight excluding hydrogens is 172 g/mol. The third kappa shape index (κ3) is 10.0. The van der Waals surface area contributed by atoms with E-state index in [4.69, 9.17) is 4.74 Å². The summed E-state index contributed by atoms with van der Waals surface area (Å²) in [5.74, 6) is 0. The Labute approximate surface area is 90.2 Å². The van der Waals surface area contributed by atoms with Crippen LogP contribution in [0.5, 0.6) is 0 Å². The molecule has 0 aliphatic carbocycles. The Kier molecular flexibility index (Phi) is 11.0. The van der Waals surface area contributed by atoms with Crippen molar-refractivity contribution >= 4 is 0 Å². The van der Waals surface area contributed by atoms with Crippen LogP contribution in [-0.2, 0) is 4.74 Å². The minimum absolute atomic E-state index is 0.473. The third-order valence-electron chi connectivity index (χ3n) is 2.57. The van der Waals surface area contributed by atoms with Gasteiger partial charge in [-0.2, -0.15) is 0 Å². The maximum Gasteiger partial charge on any atom is 0.0547 e. The summed E-state index contributed by atoms with van der Waals surface area (Å²) >= 11 is 0. The average Bonchev–Trinajstić information content (AvgIpc) is 2.20. The number of hydrogen-bond donors (Lipinski definition) is 0. The molecule has 0 bridgehead atoms. The molecule has 1 nitrogen and oxygen atoms in total. The van der Waals surface area contributed by atoms with Gasteiger partial charge in [0, 0.05) is 6.61 Å². The van der Waals surface area contributed by atoms with Crippen LogP contribution in [0.15, 0.2) is 0 Å². The van der Waals surface area contributed by atoms with Gasteiger partial charge in [0.15, 0.2) is 0 Å². The Morgan fingerprint density at radius 3 is 2.14 bits per heavy atom. The first kappa shape index (κ1) is 14.0. The molecule has 0 aromatic rings. The van der Waals surface area contributed by atoms with Crippen molar-refractivity contribution in [3.05, 3.63) is 0 Å². The van der Waals surface area contributed by atoms with Crippen molar-refractivity contribution < 1.29 is 4.74 Å². The highest BCUT2D eigenvalue weighted by molar-refractivity contribution is 4.51. The number of rotatable bonds is 10. The second-order valence-corrected chi connectivity index (χ2v) is 4.24. The molecule has 14 heavy (non-hydrogen) atoms. The Morgan fingerprint density at radius 2 is 1.50 bits per heavy atom. The molecule has 1 unspecified atom stereocenters. The van der Waals surface area contributed by atoms with E-state index in [0.29, 0.717) is 6.10 Å². The van der Waals surface area contributed by atoms with Crippen molar-refractivity contribution in [1.29, 1.82) is 0 Å². The summed E-state index contributed by atoms with van der Waals surface area (Å²) in [5.41, 5.74) is 0. The van der Waals surface area contributed by atoms with Crippen molar-refractivity contribution in [2.75, 3.05) is 6.61 Å². The summed E-state index contributed by atoms with van der Waals surface area (Å²) in [6, 6.07) is 0. The number of unbranched alkanes of at least 4 members (excludes halogenated alkanes) is 5. The van der Waals surface area contributed by atoms with Crippen molar-refractivity contribution in [2.24, 2.45) is 0 Å². The van der Waals surface area contributed by atoms with Gasteiger partial charge in [-0.05, 0) is 19.8 Å². The maximum atomic E-state index is 5.62. The molecule has 86 valence electrons. The van der Waals surface area contributed by atoms with Crippen LogP contribution in [0.25, 0.3) is 0 Å². The van der Waals surface area contributed by atoms with E-state index in [1.165, 1.54) is 44.9 Å². The smallest absolute Gasteiger partial charge is 0.0547 e. The zero-order valence-electron chi connectivity index (χ0n) is 10.3. The highest BCUT2D eigenvalue weighted by atomic mass is 16.5. The molecule has 0 saturated carbocycles. The molecule has 0 saturated heterocycles. The summed E-state index contributed by atoms with van der Waals surface area (Å²) < 4.78 is 5.62. The Bertz CT molecular complexity index is 101. The summed E-state index contributed by atoms with van der Waals surface area (Å²) in [5, 5.41) is 0. The van der Waals surface area contributed by atoms with Crippen molar-refractivity contribution in [3.8, 4) is 0 Å². The third-order valence-corrected chi connectivity index (χ3v) is 2.57. The number of hydrogen-bond acceptors (Lipinski definition) is 1. The van der Waals surface area contributed by atoms with E-state index in [2.05, 4.69) is 20.8 Å². The predicted molar refractivity (Wildman–Crippen MR) is 63.7 cm³/mol. The Morgan fingerprint density at radius 1 is 0.857 bits per heavy atom. The minimum Gasteiger partial charge on any atom is -0.379 e. The van der Waals surface area contributed by atoms with Crippen LogP contribution in [-0.4, -0.2) is 12.7 Å². The highest BCUT2D eigenvalue weighted by Gasteiger charge is 2.00. The van der Waals surface area contributed by atoms with E-state index < -0.39 is 0 Å². The zero-order chi connectivity index (χ0) is 10.6. The lowest BCUT2D eigenvalue weighted by molar-refractivity contribution is 0.0589. The van der Waals surface area contributed by atoms with Crippen LogP contribution in [0, 0.1) is 0 Å². The fraction of sp³-hybridized carbons (Fsp3) is 1.00. The maximum absolute atomic E-state index is 5.62.